The lowest BCUT2D eigenvalue weighted by Gasteiger charge is -2.21. The molecule has 2 heterocycles. The molecule has 0 bridgehead atoms. The van der Waals surface area contributed by atoms with Gasteiger partial charge in [0.15, 0.2) is 11.5 Å². The summed E-state index contributed by atoms with van der Waals surface area (Å²) in [6.07, 6.45) is 0.988. The Morgan fingerprint density at radius 2 is 1.96 bits per heavy atom. The largest absolute Gasteiger partial charge is 0.486 e. The van der Waals surface area contributed by atoms with E-state index in [0.29, 0.717) is 38.3 Å². The van der Waals surface area contributed by atoms with Crippen LogP contribution in [0.25, 0.3) is 10.1 Å². The Kier molecular flexibility index (Phi) is 5.34. The molecule has 0 fully saturated rings. The van der Waals surface area contributed by atoms with Crippen molar-refractivity contribution in [2.75, 3.05) is 13.2 Å². The fraction of sp³-hybridized carbons (Fsp3) is 0.333. The number of carbonyl (C=O) groups excluding carboxylic acids is 1. The summed E-state index contributed by atoms with van der Waals surface area (Å²) in [4.78, 5) is 24.6. The third-order valence-corrected chi connectivity index (χ3v) is 5.88. The Bertz CT molecular complexity index is 1060. The van der Waals surface area contributed by atoms with Crippen molar-refractivity contribution in [2.24, 2.45) is 0 Å². The van der Waals surface area contributed by atoms with Crippen LogP contribution < -0.4 is 20.3 Å². The third-order valence-electron chi connectivity index (χ3n) is 4.76. The number of benzene rings is 2. The van der Waals surface area contributed by atoms with Gasteiger partial charge in [-0.05, 0) is 43.2 Å². The van der Waals surface area contributed by atoms with Crippen LogP contribution in [0.5, 0.6) is 11.5 Å². The summed E-state index contributed by atoms with van der Waals surface area (Å²) in [5.41, 5.74) is 0.990. The summed E-state index contributed by atoms with van der Waals surface area (Å²) in [5.74, 6) is 1.42. The molecule has 1 atom stereocenters. The van der Waals surface area contributed by atoms with E-state index in [1.165, 1.54) is 11.5 Å². The molecular weight excluding hydrogens is 376 g/mol. The predicted octanol–water partition coefficient (Wildman–Crippen LogP) is 3.49. The van der Waals surface area contributed by atoms with Crippen LogP contribution in [0, 0.1) is 0 Å². The molecule has 1 aliphatic rings. The van der Waals surface area contributed by atoms with E-state index in [-0.39, 0.29) is 17.5 Å². The highest BCUT2D eigenvalue weighted by Crippen LogP contribution is 2.32. The first-order valence-corrected chi connectivity index (χ1v) is 10.2. The molecule has 1 aliphatic heterocycles. The summed E-state index contributed by atoms with van der Waals surface area (Å²) >= 11 is 1.45. The molecule has 0 radical (unpaired) electrons. The maximum Gasteiger partial charge on any atom is 0.268 e. The molecule has 0 aliphatic carbocycles. The number of rotatable bonds is 6. The lowest BCUT2D eigenvalue weighted by Crippen LogP contribution is -2.27. The highest BCUT2D eigenvalue weighted by atomic mass is 32.1. The standard InChI is InChI=1S/C21H22N2O4S/c1-14(15-8-9-17-18(13-15)27-12-11-26-17)22-20(24)7-4-10-23-21(25)16-5-2-3-6-19(16)28-23/h2-3,5-6,8-9,13-14H,4,7,10-12H2,1H3,(H,22,24)/t14-/m0/s1. The van der Waals surface area contributed by atoms with Crippen LogP contribution >= 0.6 is 11.5 Å². The SMILES string of the molecule is C[C@H](NC(=O)CCCn1sc2ccccc2c1=O)c1ccc2c(c1)OCCO2. The van der Waals surface area contributed by atoms with Crippen LogP contribution in [-0.4, -0.2) is 23.1 Å². The molecule has 7 heteroatoms. The second kappa shape index (κ2) is 8.06. The molecule has 146 valence electrons. The van der Waals surface area contributed by atoms with Gasteiger partial charge in [-0.25, -0.2) is 0 Å². The van der Waals surface area contributed by atoms with Gasteiger partial charge in [0.2, 0.25) is 5.91 Å². The number of amides is 1. The second-order valence-electron chi connectivity index (χ2n) is 6.79. The van der Waals surface area contributed by atoms with Crippen molar-refractivity contribution in [3.05, 3.63) is 58.4 Å². The second-order valence-corrected chi connectivity index (χ2v) is 7.85. The first-order valence-electron chi connectivity index (χ1n) is 9.39. The third kappa shape index (κ3) is 3.89. The molecule has 0 saturated heterocycles. The molecule has 1 N–H and O–H groups in total. The molecule has 2 aromatic carbocycles. The van der Waals surface area contributed by atoms with E-state index in [1.54, 1.807) is 3.96 Å². The van der Waals surface area contributed by atoms with Crippen LogP contribution in [0.1, 0.15) is 31.4 Å². The van der Waals surface area contributed by atoms with Crippen LogP contribution in [0.3, 0.4) is 0 Å². The highest BCUT2D eigenvalue weighted by Gasteiger charge is 2.16. The maximum atomic E-state index is 12.3. The lowest BCUT2D eigenvalue weighted by atomic mass is 10.1. The average Bonchev–Trinajstić information content (AvgIpc) is 3.03. The zero-order valence-corrected chi connectivity index (χ0v) is 16.5. The number of aromatic nitrogens is 1. The van der Waals surface area contributed by atoms with Gasteiger partial charge >= 0.3 is 0 Å². The van der Waals surface area contributed by atoms with E-state index in [1.807, 2.05) is 49.4 Å². The van der Waals surface area contributed by atoms with E-state index < -0.39 is 0 Å². The smallest absolute Gasteiger partial charge is 0.268 e. The first-order chi connectivity index (χ1) is 13.6. The summed E-state index contributed by atoms with van der Waals surface area (Å²) in [6.45, 7) is 3.58. The van der Waals surface area contributed by atoms with Gasteiger partial charge in [0.1, 0.15) is 13.2 Å². The molecule has 0 unspecified atom stereocenters. The molecule has 1 aromatic heterocycles. The van der Waals surface area contributed by atoms with Crippen LogP contribution in [0.15, 0.2) is 47.3 Å². The Labute approximate surface area is 166 Å². The summed E-state index contributed by atoms with van der Waals surface area (Å²) < 4.78 is 13.8. The van der Waals surface area contributed by atoms with Gasteiger partial charge in [-0.1, -0.05) is 29.7 Å². The number of nitrogens with zero attached hydrogens (tertiary/aromatic N) is 1. The number of fused-ring (bicyclic) bond motifs is 2. The number of hydrogen-bond acceptors (Lipinski definition) is 5. The van der Waals surface area contributed by atoms with Crippen molar-refractivity contribution in [3.63, 3.8) is 0 Å². The van der Waals surface area contributed by atoms with Crippen LogP contribution in [0.4, 0.5) is 0 Å². The molecule has 28 heavy (non-hydrogen) atoms. The highest BCUT2D eigenvalue weighted by molar-refractivity contribution is 7.13. The fourth-order valence-corrected chi connectivity index (χ4v) is 4.31. The quantitative estimate of drug-likeness (QED) is 0.690. The van der Waals surface area contributed by atoms with E-state index in [0.717, 1.165) is 21.4 Å². The van der Waals surface area contributed by atoms with Crippen molar-refractivity contribution < 1.29 is 14.3 Å². The average molecular weight is 398 g/mol. The van der Waals surface area contributed by atoms with E-state index in [4.69, 9.17) is 9.47 Å². The summed E-state index contributed by atoms with van der Waals surface area (Å²) in [7, 11) is 0. The van der Waals surface area contributed by atoms with Crippen molar-refractivity contribution in [1.82, 2.24) is 9.27 Å². The van der Waals surface area contributed by atoms with Gasteiger partial charge in [0.05, 0.1) is 16.1 Å². The van der Waals surface area contributed by atoms with E-state index in [2.05, 4.69) is 5.32 Å². The molecule has 4 rings (SSSR count). The van der Waals surface area contributed by atoms with Crippen molar-refractivity contribution in [1.29, 1.82) is 0 Å². The Morgan fingerprint density at radius 3 is 2.79 bits per heavy atom. The Morgan fingerprint density at radius 1 is 1.18 bits per heavy atom. The zero-order chi connectivity index (χ0) is 19.5. The first kappa shape index (κ1) is 18.6. The van der Waals surface area contributed by atoms with Crippen molar-refractivity contribution in [2.45, 2.75) is 32.4 Å². The van der Waals surface area contributed by atoms with E-state index >= 15 is 0 Å². The molecule has 0 saturated carbocycles. The fourth-order valence-electron chi connectivity index (χ4n) is 3.27. The minimum atomic E-state index is -0.129. The van der Waals surface area contributed by atoms with Crippen LogP contribution in [-0.2, 0) is 11.3 Å². The van der Waals surface area contributed by atoms with Gasteiger partial charge in [-0.3, -0.25) is 13.5 Å². The van der Waals surface area contributed by atoms with Crippen molar-refractivity contribution in [3.8, 4) is 11.5 Å². The number of carbonyl (C=O) groups is 1. The predicted molar refractivity (Wildman–Crippen MR) is 109 cm³/mol. The van der Waals surface area contributed by atoms with Gasteiger partial charge in [-0.15, -0.1) is 0 Å². The topological polar surface area (TPSA) is 69.6 Å². The summed E-state index contributed by atoms with van der Waals surface area (Å²) in [6, 6.07) is 13.2. The Hall–Kier alpha value is -2.80. The summed E-state index contributed by atoms with van der Waals surface area (Å²) in [5, 5.41) is 3.75. The molecular formula is C21H22N2O4S. The normalized spacial score (nSPS) is 14.0. The van der Waals surface area contributed by atoms with E-state index in [9.17, 15) is 9.59 Å². The molecule has 0 spiro atoms. The number of nitrogens with one attached hydrogen (secondary N) is 1. The minimum absolute atomic E-state index is 0.0191. The zero-order valence-electron chi connectivity index (χ0n) is 15.6. The van der Waals surface area contributed by atoms with Gasteiger partial charge in [0, 0.05) is 13.0 Å². The molecule has 3 aromatic rings. The molecule has 6 nitrogen and oxygen atoms in total. The van der Waals surface area contributed by atoms with Crippen LogP contribution in [0.2, 0.25) is 0 Å². The molecule has 1 amide bonds. The maximum absolute atomic E-state index is 12.3. The lowest BCUT2D eigenvalue weighted by molar-refractivity contribution is -0.121. The number of aryl methyl sites for hydroxylation is 1. The monoisotopic (exact) mass is 398 g/mol. The van der Waals surface area contributed by atoms with Crippen molar-refractivity contribution >= 4 is 27.5 Å². The van der Waals surface area contributed by atoms with Gasteiger partial charge in [0.25, 0.3) is 5.56 Å². The van der Waals surface area contributed by atoms with Gasteiger partial charge < -0.3 is 14.8 Å². The Balaban J connectivity index is 1.31. The van der Waals surface area contributed by atoms with Gasteiger partial charge in [-0.2, -0.15) is 0 Å². The number of hydrogen-bond donors (Lipinski definition) is 1. The number of ether oxygens (including phenoxy) is 2. The minimum Gasteiger partial charge on any atom is -0.486 e.